The van der Waals surface area contributed by atoms with Crippen LogP contribution in [0.5, 0.6) is 0 Å². The van der Waals surface area contributed by atoms with Crippen molar-refractivity contribution in [3.8, 4) is 0 Å². The van der Waals surface area contributed by atoms with Gasteiger partial charge in [0.15, 0.2) is 0 Å². The molecule has 4 nitrogen and oxygen atoms in total. The van der Waals surface area contributed by atoms with E-state index in [4.69, 9.17) is 0 Å². The molecule has 4 heteroatoms. The first-order chi connectivity index (χ1) is 10.1. The Bertz CT molecular complexity index is 316. The van der Waals surface area contributed by atoms with E-state index in [-0.39, 0.29) is 5.92 Å². The van der Waals surface area contributed by atoms with E-state index in [2.05, 4.69) is 16.8 Å². The van der Waals surface area contributed by atoms with E-state index in [1.807, 2.05) is 18.7 Å². The summed E-state index contributed by atoms with van der Waals surface area (Å²) in [6, 6.07) is 0. The first-order valence-electron chi connectivity index (χ1n) is 8.76. The highest BCUT2D eigenvalue weighted by molar-refractivity contribution is 5.78. The zero-order valence-electron chi connectivity index (χ0n) is 14.2. The number of hydrogen-bond donors (Lipinski definition) is 0. The number of carbonyl (C=O) groups excluding carboxylic acids is 1. The number of hydrogen-bond acceptors (Lipinski definition) is 3. The molecule has 0 aromatic heterocycles. The summed E-state index contributed by atoms with van der Waals surface area (Å²) in [5, 5.41) is 0. The van der Waals surface area contributed by atoms with Crippen molar-refractivity contribution >= 4 is 5.91 Å². The number of nitrogens with zero attached hydrogens (tertiary/aromatic N) is 3. The molecule has 0 radical (unpaired) electrons. The normalized spacial score (nSPS) is 23.0. The Morgan fingerprint density at radius 3 is 2.24 bits per heavy atom. The van der Waals surface area contributed by atoms with Gasteiger partial charge in [-0.1, -0.05) is 13.8 Å². The van der Waals surface area contributed by atoms with Crippen molar-refractivity contribution in [2.75, 3.05) is 52.9 Å². The third-order valence-corrected chi connectivity index (χ3v) is 5.10. The maximum atomic E-state index is 12.0. The standard InChI is InChI=1S/C17H33N3O/c1-15(2)17(21)20-13-11-19(12-14-20)8-4-5-16-6-9-18(3)10-7-16/h15-16H,4-14H2,1-3H3. The van der Waals surface area contributed by atoms with Gasteiger partial charge < -0.3 is 9.80 Å². The second-order valence-electron chi connectivity index (χ2n) is 7.21. The van der Waals surface area contributed by atoms with Crippen molar-refractivity contribution in [3.63, 3.8) is 0 Å². The fraction of sp³-hybridized carbons (Fsp3) is 0.941. The summed E-state index contributed by atoms with van der Waals surface area (Å²) in [7, 11) is 2.23. The van der Waals surface area contributed by atoms with Gasteiger partial charge in [0, 0.05) is 32.1 Å². The Morgan fingerprint density at radius 1 is 1.05 bits per heavy atom. The molecule has 21 heavy (non-hydrogen) atoms. The minimum atomic E-state index is 0.140. The minimum Gasteiger partial charge on any atom is -0.340 e. The molecular formula is C17H33N3O. The summed E-state index contributed by atoms with van der Waals surface area (Å²) >= 11 is 0. The molecule has 122 valence electrons. The molecule has 0 unspecified atom stereocenters. The van der Waals surface area contributed by atoms with E-state index in [0.717, 1.165) is 32.1 Å². The van der Waals surface area contributed by atoms with Crippen LogP contribution >= 0.6 is 0 Å². The van der Waals surface area contributed by atoms with Gasteiger partial charge in [-0.15, -0.1) is 0 Å². The lowest BCUT2D eigenvalue weighted by molar-refractivity contribution is -0.136. The molecule has 2 heterocycles. The van der Waals surface area contributed by atoms with Gasteiger partial charge in [0.25, 0.3) is 0 Å². The van der Waals surface area contributed by atoms with Crippen LogP contribution in [0.25, 0.3) is 0 Å². The second-order valence-corrected chi connectivity index (χ2v) is 7.21. The summed E-state index contributed by atoms with van der Waals surface area (Å²) in [6.07, 6.45) is 5.48. The van der Waals surface area contributed by atoms with E-state index in [9.17, 15) is 4.79 Å². The fourth-order valence-electron chi connectivity index (χ4n) is 3.51. The number of rotatable bonds is 5. The number of amides is 1. The molecule has 2 fully saturated rings. The molecule has 0 N–H and O–H groups in total. The van der Waals surface area contributed by atoms with Gasteiger partial charge in [-0.05, 0) is 58.3 Å². The first-order valence-corrected chi connectivity index (χ1v) is 8.76. The third kappa shape index (κ3) is 5.26. The second kappa shape index (κ2) is 8.14. The lowest BCUT2D eigenvalue weighted by Gasteiger charge is -2.36. The summed E-state index contributed by atoms with van der Waals surface area (Å²) in [5.74, 6) is 1.41. The van der Waals surface area contributed by atoms with Crippen molar-refractivity contribution in [2.45, 2.75) is 39.5 Å². The Hall–Kier alpha value is -0.610. The Balaban J connectivity index is 1.58. The number of piperidine rings is 1. The molecule has 0 aromatic carbocycles. The van der Waals surface area contributed by atoms with E-state index < -0.39 is 0 Å². The Labute approximate surface area is 130 Å². The van der Waals surface area contributed by atoms with Crippen molar-refractivity contribution < 1.29 is 4.79 Å². The Morgan fingerprint density at radius 2 is 1.67 bits per heavy atom. The fourth-order valence-corrected chi connectivity index (χ4v) is 3.51. The predicted octanol–water partition coefficient (Wildman–Crippen LogP) is 1.91. The molecule has 2 rings (SSSR count). The van der Waals surface area contributed by atoms with Crippen LogP contribution < -0.4 is 0 Å². The molecule has 2 aliphatic heterocycles. The predicted molar refractivity (Wildman–Crippen MR) is 87.3 cm³/mol. The minimum absolute atomic E-state index is 0.140. The monoisotopic (exact) mass is 295 g/mol. The van der Waals surface area contributed by atoms with E-state index in [0.29, 0.717) is 5.91 Å². The Kier molecular flexibility index (Phi) is 6.49. The van der Waals surface area contributed by atoms with Gasteiger partial charge in [0.1, 0.15) is 0 Å². The van der Waals surface area contributed by atoms with Crippen LogP contribution in [0.1, 0.15) is 39.5 Å². The van der Waals surface area contributed by atoms with Gasteiger partial charge in [-0.25, -0.2) is 0 Å². The van der Waals surface area contributed by atoms with Gasteiger partial charge in [-0.2, -0.15) is 0 Å². The summed E-state index contributed by atoms with van der Waals surface area (Å²) in [6.45, 7) is 11.7. The number of piperazine rings is 1. The van der Waals surface area contributed by atoms with Crippen molar-refractivity contribution in [2.24, 2.45) is 11.8 Å². The molecule has 0 aromatic rings. The topological polar surface area (TPSA) is 26.8 Å². The molecule has 0 aliphatic carbocycles. The molecule has 1 amide bonds. The van der Waals surface area contributed by atoms with Gasteiger partial charge in [0.2, 0.25) is 5.91 Å². The lowest BCUT2D eigenvalue weighted by atomic mass is 9.92. The SMILES string of the molecule is CC(C)C(=O)N1CCN(CCCC2CCN(C)CC2)CC1. The van der Waals surface area contributed by atoms with Crippen LogP contribution in [0.4, 0.5) is 0 Å². The van der Waals surface area contributed by atoms with Crippen LogP contribution in [-0.4, -0.2) is 73.5 Å². The van der Waals surface area contributed by atoms with Crippen LogP contribution in [0.15, 0.2) is 0 Å². The molecule has 0 atom stereocenters. The maximum absolute atomic E-state index is 12.0. The zero-order valence-corrected chi connectivity index (χ0v) is 14.2. The van der Waals surface area contributed by atoms with Crippen LogP contribution in [0, 0.1) is 11.8 Å². The summed E-state index contributed by atoms with van der Waals surface area (Å²) in [4.78, 5) is 19.0. The first kappa shape index (κ1) is 16.8. The largest absolute Gasteiger partial charge is 0.340 e. The van der Waals surface area contributed by atoms with Crippen molar-refractivity contribution in [1.82, 2.24) is 14.7 Å². The maximum Gasteiger partial charge on any atom is 0.225 e. The van der Waals surface area contributed by atoms with E-state index in [1.165, 1.54) is 45.3 Å². The van der Waals surface area contributed by atoms with Crippen LogP contribution in [0.2, 0.25) is 0 Å². The molecule has 0 bridgehead atoms. The van der Waals surface area contributed by atoms with Crippen LogP contribution in [-0.2, 0) is 4.79 Å². The highest BCUT2D eigenvalue weighted by atomic mass is 16.2. The van der Waals surface area contributed by atoms with E-state index >= 15 is 0 Å². The smallest absolute Gasteiger partial charge is 0.225 e. The summed E-state index contributed by atoms with van der Waals surface area (Å²) in [5.41, 5.74) is 0. The highest BCUT2D eigenvalue weighted by Gasteiger charge is 2.23. The van der Waals surface area contributed by atoms with Gasteiger partial charge in [0.05, 0.1) is 0 Å². The lowest BCUT2D eigenvalue weighted by Crippen LogP contribution is -2.49. The highest BCUT2D eigenvalue weighted by Crippen LogP contribution is 2.21. The van der Waals surface area contributed by atoms with E-state index in [1.54, 1.807) is 0 Å². The average Bonchev–Trinajstić information content (AvgIpc) is 2.49. The van der Waals surface area contributed by atoms with Gasteiger partial charge in [-0.3, -0.25) is 9.69 Å². The molecule has 0 saturated carbocycles. The van der Waals surface area contributed by atoms with Crippen molar-refractivity contribution in [1.29, 1.82) is 0 Å². The number of likely N-dealkylation sites (tertiary alicyclic amines) is 1. The molecule has 2 aliphatic rings. The van der Waals surface area contributed by atoms with Crippen LogP contribution in [0.3, 0.4) is 0 Å². The molecular weight excluding hydrogens is 262 g/mol. The molecule has 0 spiro atoms. The third-order valence-electron chi connectivity index (χ3n) is 5.10. The van der Waals surface area contributed by atoms with Crippen molar-refractivity contribution in [3.05, 3.63) is 0 Å². The average molecular weight is 295 g/mol. The number of carbonyl (C=O) groups is 1. The summed E-state index contributed by atoms with van der Waals surface area (Å²) < 4.78 is 0. The quantitative estimate of drug-likeness (QED) is 0.775. The molecule has 2 saturated heterocycles. The van der Waals surface area contributed by atoms with Gasteiger partial charge >= 0.3 is 0 Å². The zero-order chi connectivity index (χ0) is 15.2.